The van der Waals surface area contributed by atoms with Crippen LogP contribution in [-0.4, -0.2) is 11.2 Å². The summed E-state index contributed by atoms with van der Waals surface area (Å²) in [6, 6.07) is 11.3. The first-order chi connectivity index (χ1) is 13.1. The molecule has 0 aliphatic heterocycles. The van der Waals surface area contributed by atoms with Gasteiger partial charge in [-0.1, -0.05) is 61.0 Å². The van der Waals surface area contributed by atoms with Crippen LogP contribution in [0.1, 0.15) is 45.4 Å². The fraction of sp³-hybridized carbons (Fsp3) is 0.391. The van der Waals surface area contributed by atoms with Crippen LogP contribution in [0.4, 0.5) is 4.39 Å². The molecule has 2 aromatic carbocycles. The van der Waals surface area contributed by atoms with E-state index in [1.54, 1.807) is 0 Å². The van der Waals surface area contributed by atoms with Crippen LogP contribution in [-0.2, 0) is 7.05 Å². The van der Waals surface area contributed by atoms with Gasteiger partial charge in [0.15, 0.2) is 0 Å². The molecule has 3 aromatic rings. The number of hydrogen-bond donors (Lipinski definition) is 0. The molecular weight excluding hydrogens is 405 g/mol. The van der Waals surface area contributed by atoms with Gasteiger partial charge in [0.25, 0.3) is 0 Å². The van der Waals surface area contributed by atoms with Crippen molar-refractivity contribution in [2.75, 3.05) is 6.61 Å². The molecule has 1 aromatic heterocycles. The highest BCUT2D eigenvalue weighted by Crippen LogP contribution is 2.34. The number of fused-ring (bicyclic) bond motifs is 1. The number of unbranched alkanes of at least 4 members (excludes halogenated alkanes) is 5. The molecule has 0 fully saturated rings. The SMILES string of the molecule is CCCCCCCCOc1ccc(-c2cn(C)c3cc(Br)ccc23)c(F)c1. The molecule has 0 saturated carbocycles. The monoisotopic (exact) mass is 431 g/mol. The molecule has 1 heterocycles. The third kappa shape index (κ3) is 4.92. The molecule has 0 unspecified atom stereocenters. The number of nitrogens with zero attached hydrogens (tertiary/aromatic N) is 1. The van der Waals surface area contributed by atoms with E-state index < -0.39 is 0 Å². The van der Waals surface area contributed by atoms with E-state index >= 15 is 0 Å². The van der Waals surface area contributed by atoms with Crippen molar-refractivity contribution >= 4 is 26.8 Å². The van der Waals surface area contributed by atoms with E-state index in [0.717, 1.165) is 27.4 Å². The van der Waals surface area contributed by atoms with Crippen LogP contribution in [0.3, 0.4) is 0 Å². The first-order valence-electron chi connectivity index (χ1n) is 9.77. The van der Waals surface area contributed by atoms with Crippen molar-refractivity contribution in [3.05, 3.63) is 52.9 Å². The number of halogens is 2. The van der Waals surface area contributed by atoms with Gasteiger partial charge < -0.3 is 9.30 Å². The second kappa shape index (κ2) is 9.41. The van der Waals surface area contributed by atoms with E-state index in [9.17, 15) is 4.39 Å². The lowest BCUT2D eigenvalue weighted by Gasteiger charge is -2.08. The van der Waals surface area contributed by atoms with Crippen molar-refractivity contribution in [1.29, 1.82) is 0 Å². The average molecular weight is 432 g/mol. The molecule has 0 spiro atoms. The third-order valence-electron chi connectivity index (χ3n) is 4.95. The lowest BCUT2D eigenvalue weighted by Crippen LogP contribution is -1.98. The summed E-state index contributed by atoms with van der Waals surface area (Å²) < 4.78 is 23.6. The van der Waals surface area contributed by atoms with Crippen LogP contribution in [0.15, 0.2) is 47.1 Å². The average Bonchev–Trinajstić information content (AvgIpc) is 2.97. The summed E-state index contributed by atoms with van der Waals surface area (Å²) in [6.07, 6.45) is 9.28. The molecule has 0 radical (unpaired) electrons. The summed E-state index contributed by atoms with van der Waals surface area (Å²) in [5.74, 6) is 0.360. The number of rotatable bonds is 9. The van der Waals surface area contributed by atoms with Crippen LogP contribution >= 0.6 is 15.9 Å². The molecule has 0 saturated heterocycles. The molecule has 4 heteroatoms. The van der Waals surface area contributed by atoms with Gasteiger partial charge in [0, 0.05) is 45.8 Å². The standard InChI is InChI=1S/C23H27BrFNO/c1-3-4-5-6-7-8-13-27-18-10-12-19(22(25)15-18)21-16-26(2)23-14-17(24)9-11-20(21)23/h9-12,14-16H,3-8,13H2,1-2H3. The molecule has 0 bridgehead atoms. The molecule has 3 rings (SSSR count). The van der Waals surface area contributed by atoms with Gasteiger partial charge in [0.1, 0.15) is 11.6 Å². The second-order valence-electron chi connectivity index (χ2n) is 7.07. The van der Waals surface area contributed by atoms with Gasteiger partial charge in [0.2, 0.25) is 0 Å². The molecular formula is C23H27BrFNO. The van der Waals surface area contributed by atoms with Crippen molar-refractivity contribution < 1.29 is 9.13 Å². The zero-order chi connectivity index (χ0) is 19.2. The minimum atomic E-state index is -0.245. The second-order valence-corrected chi connectivity index (χ2v) is 7.99. The maximum absolute atomic E-state index is 14.8. The van der Waals surface area contributed by atoms with Gasteiger partial charge in [-0.3, -0.25) is 0 Å². The summed E-state index contributed by atoms with van der Waals surface area (Å²) in [4.78, 5) is 0. The van der Waals surface area contributed by atoms with E-state index in [1.807, 2.05) is 42.1 Å². The molecule has 0 amide bonds. The van der Waals surface area contributed by atoms with Crippen LogP contribution in [0.2, 0.25) is 0 Å². The predicted octanol–water partition coefficient (Wildman–Crippen LogP) is 7.49. The van der Waals surface area contributed by atoms with Gasteiger partial charge in [0.05, 0.1) is 6.61 Å². The van der Waals surface area contributed by atoms with Crippen molar-refractivity contribution in [3.63, 3.8) is 0 Å². The molecule has 0 atom stereocenters. The number of hydrogen-bond acceptors (Lipinski definition) is 1. The summed E-state index contributed by atoms with van der Waals surface area (Å²) in [5, 5.41) is 1.04. The van der Waals surface area contributed by atoms with Gasteiger partial charge in [-0.15, -0.1) is 0 Å². The zero-order valence-electron chi connectivity index (χ0n) is 16.1. The Labute approximate surface area is 169 Å². The highest BCUT2D eigenvalue weighted by atomic mass is 79.9. The van der Waals surface area contributed by atoms with E-state index in [4.69, 9.17) is 4.74 Å². The molecule has 0 aliphatic rings. The zero-order valence-corrected chi connectivity index (χ0v) is 17.7. The minimum Gasteiger partial charge on any atom is -0.493 e. The fourth-order valence-corrected chi connectivity index (χ4v) is 3.80. The highest BCUT2D eigenvalue weighted by molar-refractivity contribution is 9.10. The van der Waals surface area contributed by atoms with Crippen LogP contribution in [0.5, 0.6) is 5.75 Å². The van der Waals surface area contributed by atoms with E-state index in [-0.39, 0.29) is 5.82 Å². The van der Waals surface area contributed by atoms with Crippen molar-refractivity contribution in [1.82, 2.24) is 4.57 Å². The first-order valence-corrected chi connectivity index (χ1v) is 10.6. The Kier molecular flexibility index (Phi) is 6.95. The first kappa shape index (κ1) is 19.9. The maximum Gasteiger partial charge on any atom is 0.134 e. The van der Waals surface area contributed by atoms with Crippen LogP contribution in [0.25, 0.3) is 22.0 Å². The summed E-state index contributed by atoms with van der Waals surface area (Å²) in [6.45, 7) is 2.87. The Morgan fingerprint density at radius 2 is 1.74 bits per heavy atom. The Hall–Kier alpha value is -1.81. The Balaban J connectivity index is 1.67. The Bertz CT molecular complexity index is 903. The highest BCUT2D eigenvalue weighted by Gasteiger charge is 2.13. The molecule has 0 N–H and O–H groups in total. The number of aryl methyl sites for hydroxylation is 1. The van der Waals surface area contributed by atoms with Gasteiger partial charge in [-0.2, -0.15) is 0 Å². The van der Waals surface area contributed by atoms with Crippen LogP contribution in [0, 0.1) is 5.82 Å². The van der Waals surface area contributed by atoms with Crippen LogP contribution < -0.4 is 4.74 Å². The largest absolute Gasteiger partial charge is 0.493 e. The fourth-order valence-electron chi connectivity index (χ4n) is 3.45. The van der Waals surface area contributed by atoms with Crippen molar-refractivity contribution in [2.45, 2.75) is 45.4 Å². The maximum atomic E-state index is 14.8. The Morgan fingerprint density at radius 3 is 2.52 bits per heavy atom. The van der Waals surface area contributed by atoms with Gasteiger partial charge in [-0.05, 0) is 30.7 Å². The third-order valence-corrected chi connectivity index (χ3v) is 5.44. The summed E-state index contributed by atoms with van der Waals surface area (Å²) >= 11 is 3.50. The van der Waals surface area contributed by atoms with E-state index in [2.05, 4.69) is 28.9 Å². The lowest BCUT2D eigenvalue weighted by molar-refractivity contribution is 0.303. The van der Waals surface area contributed by atoms with Gasteiger partial charge >= 0.3 is 0 Å². The number of aromatic nitrogens is 1. The summed E-state index contributed by atoms with van der Waals surface area (Å²) in [7, 11) is 1.98. The van der Waals surface area contributed by atoms with Gasteiger partial charge in [-0.25, -0.2) is 4.39 Å². The molecule has 2 nitrogen and oxygen atoms in total. The van der Waals surface area contributed by atoms with Crippen molar-refractivity contribution in [2.24, 2.45) is 7.05 Å². The summed E-state index contributed by atoms with van der Waals surface area (Å²) in [5.41, 5.74) is 2.58. The van der Waals surface area contributed by atoms with E-state index in [1.165, 1.54) is 38.2 Å². The predicted molar refractivity (Wildman–Crippen MR) is 115 cm³/mol. The number of ether oxygens (including phenoxy) is 1. The normalized spacial score (nSPS) is 11.3. The number of benzene rings is 2. The molecule has 144 valence electrons. The quantitative estimate of drug-likeness (QED) is 0.320. The topological polar surface area (TPSA) is 14.2 Å². The molecule has 27 heavy (non-hydrogen) atoms. The molecule has 0 aliphatic carbocycles. The lowest BCUT2D eigenvalue weighted by atomic mass is 10.0. The Morgan fingerprint density at radius 1 is 0.963 bits per heavy atom. The van der Waals surface area contributed by atoms with E-state index in [0.29, 0.717) is 17.9 Å². The van der Waals surface area contributed by atoms with Crippen molar-refractivity contribution in [3.8, 4) is 16.9 Å². The smallest absolute Gasteiger partial charge is 0.134 e. The minimum absolute atomic E-state index is 0.245.